The van der Waals surface area contributed by atoms with E-state index in [4.69, 9.17) is 9.47 Å². The molecule has 7 heteroatoms. The highest BCUT2D eigenvalue weighted by Gasteiger charge is 2.40. The van der Waals surface area contributed by atoms with Gasteiger partial charge in [-0.2, -0.15) is 0 Å². The number of ether oxygens (including phenoxy) is 2. The summed E-state index contributed by atoms with van der Waals surface area (Å²) in [5.74, 6) is -1.55. The first-order valence-electron chi connectivity index (χ1n) is 10.7. The van der Waals surface area contributed by atoms with Gasteiger partial charge in [0, 0.05) is 23.5 Å². The van der Waals surface area contributed by atoms with Crippen LogP contribution < -0.4 is 15.0 Å². The van der Waals surface area contributed by atoms with E-state index < -0.39 is 17.8 Å². The minimum Gasteiger partial charge on any atom is -0.494 e. The molecule has 1 aliphatic rings. The summed E-state index contributed by atoms with van der Waals surface area (Å²) in [6.45, 7) is 7.92. The zero-order valence-electron chi connectivity index (χ0n) is 18.8. The highest BCUT2D eigenvalue weighted by atomic mass is 16.5. The number of carbonyl (C=O) groups excluding carboxylic acids is 3. The lowest BCUT2D eigenvalue weighted by molar-refractivity contribution is -0.141. The molecule has 0 aliphatic carbocycles. The Kier molecular flexibility index (Phi) is 7.30. The molecule has 32 heavy (non-hydrogen) atoms. The van der Waals surface area contributed by atoms with Gasteiger partial charge in [0.25, 0.3) is 0 Å². The first-order chi connectivity index (χ1) is 15.3. The average molecular weight is 437 g/mol. The molecule has 1 N–H and O–H groups in total. The van der Waals surface area contributed by atoms with Gasteiger partial charge in [0.05, 0.1) is 24.7 Å². The van der Waals surface area contributed by atoms with Crippen molar-refractivity contribution in [2.24, 2.45) is 5.92 Å². The second-order valence-electron chi connectivity index (χ2n) is 7.49. The lowest BCUT2D eigenvalue weighted by Crippen LogP contribution is -2.43. The van der Waals surface area contributed by atoms with E-state index in [1.807, 2.05) is 38.1 Å². The zero-order valence-corrected chi connectivity index (χ0v) is 18.8. The number of amides is 2. The van der Waals surface area contributed by atoms with Gasteiger partial charge in [0.1, 0.15) is 5.75 Å². The molecule has 2 aromatic carbocycles. The Morgan fingerprint density at radius 3 is 2.25 bits per heavy atom. The summed E-state index contributed by atoms with van der Waals surface area (Å²) in [5.41, 5.74) is 2.84. The molecule has 1 unspecified atom stereocenters. The SMILES string of the molecule is CCOC(=O)C1=C(C)N(c2ccc(C)cc2)C(=O)CC1C(=O)Nc1ccc(OCC)cc1. The minimum atomic E-state index is -0.949. The highest BCUT2D eigenvalue weighted by Crippen LogP contribution is 2.34. The second kappa shape index (κ2) is 10.1. The lowest BCUT2D eigenvalue weighted by Gasteiger charge is -2.33. The van der Waals surface area contributed by atoms with E-state index in [1.165, 1.54) is 4.90 Å². The number of esters is 1. The fraction of sp³-hybridized carbons (Fsp3) is 0.320. The van der Waals surface area contributed by atoms with Crippen LogP contribution in [0.5, 0.6) is 5.75 Å². The van der Waals surface area contributed by atoms with E-state index in [1.54, 1.807) is 38.1 Å². The summed E-state index contributed by atoms with van der Waals surface area (Å²) < 4.78 is 10.6. The quantitative estimate of drug-likeness (QED) is 0.657. The molecule has 3 rings (SSSR count). The van der Waals surface area contributed by atoms with Gasteiger partial charge < -0.3 is 14.8 Å². The van der Waals surface area contributed by atoms with E-state index in [0.29, 0.717) is 29.4 Å². The first-order valence-corrected chi connectivity index (χ1v) is 10.7. The van der Waals surface area contributed by atoms with Crippen molar-refractivity contribution in [1.82, 2.24) is 0 Å². The van der Waals surface area contributed by atoms with Crippen molar-refractivity contribution >= 4 is 29.2 Å². The van der Waals surface area contributed by atoms with Crippen LogP contribution in [-0.2, 0) is 19.1 Å². The maximum atomic E-state index is 13.1. The maximum absolute atomic E-state index is 13.1. The number of hydrogen-bond donors (Lipinski definition) is 1. The molecule has 0 saturated carbocycles. The number of benzene rings is 2. The number of nitrogens with one attached hydrogen (secondary N) is 1. The Labute approximate surface area is 188 Å². The number of aryl methyl sites for hydroxylation is 1. The third-order valence-corrected chi connectivity index (χ3v) is 5.24. The van der Waals surface area contributed by atoms with Crippen LogP contribution >= 0.6 is 0 Å². The molecule has 0 aromatic heterocycles. The van der Waals surface area contributed by atoms with Crippen LogP contribution in [0.15, 0.2) is 59.8 Å². The molecule has 0 radical (unpaired) electrons. The highest BCUT2D eigenvalue weighted by molar-refractivity contribution is 6.10. The van der Waals surface area contributed by atoms with Crippen molar-refractivity contribution in [3.05, 3.63) is 65.4 Å². The monoisotopic (exact) mass is 436 g/mol. The minimum absolute atomic E-state index is 0.137. The van der Waals surface area contributed by atoms with E-state index in [9.17, 15) is 14.4 Å². The predicted molar refractivity (Wildman–Crippen MR) is 122 cm³/mol. The van der Waals surface area contributed by atoms with Gasteiger partial charge in [-0.05, 0) is 64.1 Å². The number of rotatable bonds is 7. The van der Waals surface area contributed by atoms with Crippen molar-refractivity contribution in [2.45, 2.75) is 34.1 Å². The van der Waals surface area contributed by atoms with Crippen molar-refractivity contribution in [3.63, 3.8) is 0 Å². The summed E-state index contributed by atoms with van der Waals surface area (Å²) in [5, 5.41) is 2.80. The van der Waals surface area contributed by atoms with Crippen molar-refractivity contribution in [2.75, 3.05) is 23.4 Å². The lowest BCUT2D eigenvalue weighted by atomic mass is 9.88. The maximum Gasteiger partial charge on any atom is 0.336 e. The van der Waals surface area contributed by atoms with Gasteiger partial charge in [0.2, 0.25) is 11.8 Å². The second-order valence-corrected chi connectivity index (χ2v) is 7.49. The largest absolute Gasteiger partial charge is 0.494 e. The van der Waals surface area contributed by atoms with E-state index in [2.05, 4.69) is 5.32 Å². The number of hydrogen-bond acceptors (Lipinski definition) is 5. The number of carbonyl (C=O) groups is 3. The van der Waals surface area contributed by atoms with Gasteiger partial charge >= 0.3 is 5.97 Å². The molecule has 2 amide bonds. The summed E-state index contributed by atoms with van der Waals surface area (Å²) in [6, 6.07) is 14.4. The molecule has 0 saturated heterocycles. The van der Waals surface area contributed by atoms with Crippen LogP contribution in [0, 0.1) is 12.8 Å². The molecule has 1 aliphatic heterocycles. The van der Waals surface area contributed by atoms with E-state index in [0.717, 1.165) is 5.56 Å². The van der Waals surface area contributed by atoms with E-state index >= 15 is 0 Å². The molecule has 168 valence electrons. The predicted octanol–water partition coefficient (Wildman–Crippen LogP) is 4.22. The van der Waals surface area contributed by atoms with Crippen molar-refractivity contribution < 1.29 is 23.9 Å². The molecule has 0 bridgehead atoms. The summed E-state index contributed by atoms with van der Waals surface area (Å²) in [6.07, 6.45) is -0.137. The summed E-state index contributed by atoms with van der Waals surface area (Å²) >= 11 is 0. The first kappa shape index (κ1) is 23.1. The smallest absolute Gasteiger partial charge is 0.336 e. The molecule has 0 fully saturated rings. The van der Waals surface area contributed by atoms with Crippen LogP contribution in [0.4, 0.5) is 11.4 Å². The molecular formula is C25H28N2O5. The molecule has 1 atom stereocenters. The Morgan fingerprint density at radius 2 is 1.66 bits per heavy atom. The van der Waals surface area contributed by atoms with Crippen LogP contribution in [0.25, 0.3) is 0 Å². The third-order valence-electron chi connectivity index (χ3n) is 5.24. The fourth-order valence-electron chi connectivity index (χ4n) is 3.71. The fourth-order valence-corrected chi connectivity index (χ4v) is 3.71. The zero-order chi connectivity index (χ0) is 23.3. The summed E-state index contributed by atoms with van der Waals surface area (Å²) in [7, 11) is 0. The van der Waals surface area contributed by atoms with Gasteiger partial charge in [0.15, 0.2) is 0 Å². The number of nitrogens with zero attached hydrogens (tertiary/aromatic N) is 1. The normalized spacial score (nSPS) is 16.1. The summed E-state index contributed by atoms with van der Waals surface area (Å²) in [4.78, 5) is 40.5. The van der Waals surface area contributed by atoms with Crippen LogP contribution in [0.3, 0.4) is 0 Å². The molecule has 7 nitrogen and oxygen atoms in total. The van der Waals surface area contributed by atoms with Gasteiger partial charge in [-0.15, -0.1) is 0 Å². The van der Waals surface area contributed by atoms with Gasteiger partial charge in [-0.25, -0.2) is 4.79 Å². The third kappa shape index (κ3) is 4.99. The van der Waals surface area contributed by atoms with Crippen LogP contribution in [-0.4, -0.2) is 31.0 Å². The Morgan fingerprint density at radius 1 is 1.00 bits per heavy atom. The Bertz CT molecular complexity index is 1030. The van der Waals surface area contributed by atoms with Crippen molar-refractivity contribution in [1.29, 1.82) is 0 Å². The molecule has 1 heterocycles. The van der Waals surface area contributed by atoms with Crippen LogP contribution in [0.2, 0.25) is 0 Å². The molecule has 2 aromatic rings. The van der Waals surface area contributed by atoms with Crippen molar-refractivity contribution in [3.8, 4) is 5.75 Å². The van der Waals surface area contributed by atoms with Crippen LogP contribution in [0.1, 0.15) is 32.8 Å². The number of anilines is 2. The van der Waals surface area contributed by atoms with E-state index in [-0.39, 0.29) is 24.5 Å². The standard InChI is InChI=1S/C25H28N2O5/c1-5-31-20-13-9-18(10-14-20)26-24(29)21-15-22(28)27(19-11-7-16(3)8-12-19)17(4)23(21)25(30)32-6-2/h7-14,21H,5-6,15H2,1-4H3,(H,26,29). The van der Waals surface area contributed by atoms with Gasteiger partial charge in [-0.3, -0.25) is 14.5 Å². The van der Waals surface area contributed by atoms with Gasteiger partial charge in [-0.1, -0.05) is 17.7 Å². The Hall–Kier alpha value is -3.61. The number of allylic oxidation sites excluding steroid dienone is 1. The molecular weight excluding hydrogens is 408 g/mol. The average Bonchev–Trinajstić information content (AvgIpc) is 2.76. The Balaban J connectivity index is 1.93. The topological polar surface area (TPSA) is 84.9 Å². The molecule has 0 spiro atoms.